The van der Waals surface area contributed by atoms with Gasteiger partial charge in [-0.05, 0) is 42.8 Å². The lowest BCUT2D eigenvalue weighted by molar-refractivity contribution is 0.102. The number of hydrogen-bond donors (Lipinski definition) is 2. The lowest BCUT2D eigenvalue weighted by atomic mass is 10.1. The highest BCUT2D eigenvalue weighted by Gasteiger charge is 2.14. The number of aryl methyl sites for hydroxylation is 1. The van der Waals surface area contributed by atoms with Gasteiger partial charge in [-0.15, -0.1) is 0 Å². The van der Waals surface area contributed by atoms with Gasteiger partial charge in [0.1, 0.15) is 5.82 Å². The summed E-state index contributed by atoms with van der Waals surface area (Å²) >= 11 is 0. The molecule has 0 atom stereocenters. The molecule has 0 aliphatic heterocycles. The highest BCUT2D eigenvalue weighted by atomic mass is 32.2. The third-order valence-corrected chi connectivity index (χ3v) is 3.44. The second-order valence-electron chi connectivity index (χ2n) is 4.25. The third kappa shape index (κ3) is 3.40. The van der Waals surface area contributed by atoms with Crippen LogP contribution in [0, 0.1) is 6.92 Å². The molecule has 1 aromatic carbocycles. The summed E-state index contributed by atoms with van der Waals surface area (Å²) in [4.78, 5) is 15.9. The van der Waals surface area contributed by atoms with E-state index >= 15 is 0 Å². The molecule has 104 valence electrons. The van der Waals surface area contributed by atoms with Crippen molar-refractivity contribution in [3.63, 3.8) is 0 Å². The summed E-state index contributed by atoms with van der Waals surface area (Å²) in [6, 6.07) is 9.31. The molecule has 6 nitrogen and oxygen atoms in total. The number of anilines is 1. The van der Waals surface area contributed by atoms with E-state index in [9.17, 15) is 13.2 Å². The third-order valence-electron chi connectivity index (χ3n) is 2.55. The van der Waals surface area contributed by atoms with Gasteiger partial charge < -0.3 is 5.32 Å². The molecule has 0 aliphatic carbocycles. The van der Waals surface area contributed by atoms with Gasteiger partial charge in [-0.25, -0.2) is 18.5 Å². The van der Waals surface area contributed by atoms with Gasteiger partial charge in [0.05, 0.1) is 4.90 Å². The standard InChI is InChI=1S/C13H13N3O3S/c1-9-6-10(8-11(7-9)20(14,18)19)13(17)16-12-4-2-3-5-15-12/h2-8H,1H3,(H2,14,18,19)(H,15,16,17). The van der Waals surface area contributed by atoms with Crippen LogP contribution < -0.4 is 10.5 Å². The van der Waals surface area contributed by atoms with Gasteiger partial charge >= 0.3 is 0 Å². The fourth-order valence-corrected chi connectivity index (χ4v) is 2.31. The molecule has 1 amide bonds. The van der Waals surface area contributed by atoms with E-state index in [0.717, 1.165) is 0 Å². The minimum absolute atomic E-state index is 0.0938. The number of pyridine rings is 1. The molecule has 0 saturated carbocycles. The van der Waals surface area contributed by atoms with Crippen molar-refractivity contribution in [2.75, 3.05) is 5.32 Å². The predicted molar refractivity (Wildman–Crippen MR) is 74.7 cm³/mol. The van der Waals surface area contributed by atoms with Crippen LogP contribution in [0.3, 0.4) is 0 Å². The van der Waals surface area contributed by atoms with Crippen LogP contribution in [0.5, 0.6) is 0 Å². The van der Waals surface area contributed by atoms with Crippen molar-refractivity contribution in [2.45, 2.75) is 11.8 Å². The molecule has 7 heteroatoms. The highest BCUT2D eigenvalue weighted by Crippen LogP contribution is 2.15. The Morgan fingerprint density at radius 1 is 1.25 bits per heavy atom. The molecular formula is C13H13N3O3S. The van der Waals surface area contributed by atoms with Crippen LogP contribution in [0.2, 0.25) is 0 Å². The largest absolute Gasteiger partial charge is 0.307 e. The van der Waals surface area contributed by atoms with E-state index in [1.165, 1.54) is 12.1 Å². The van der Waals surface area contributed by atoms with Crippen LogP contribution in [0.4, 0.5) is 5.82 Å². The monoisotopic (exact) mass is 291 g/mol. The van der Waals surface area contributed by atoms with E-state index in [1.54, 1.807) is 37.4 Å². The van der Waals surface area contributed by atoms with E-state index in [0.29, 0.717) is 11.4 Å². The zero-order chi connectivity index (χ0) is 14.8. The van der Waals surface area contributed by atoms with Crippen molar-refractivity contribution >= 4 is 21.7 Å². The Morgan fingerprint density at radius 3 is 2.60 bits per heavy atom. The van der Waals surface area contributed by atoms with Gasteiger partial charge in [0.15, 0.2) is 0 Å². The average Bonchev–Trinajstić information content (AvgIpc) is 2.38. The lowest BCUT2D eigenvalue weighted by Crippen LogP contribution is -2.16. The Hall–Kier alpha value is -2.25. The topological polar surface area (TPSA) is 102 Å². The fourth-order valence-electron chi connectivity index (χ4n) is 1.67. The van der Waals surface area contributed by atoms with Crippen LogP contribution >= 0.6 is 0 Å². The van der Waals surface area contributed by atoms with Crippen LogP contribution in [0.1, 0.15) is 15.9 Å². The Kier molecular flexibility index (Phi) is 3.82. The van der Waals surface area contributed by atoms with Crippen LogP contribution in [-0.2, 0) is 10.0 Å². The number of carbonyl (C=O) groups excluding carboxylic acids is 1. The molecule has 0 fully saturated rings. The van der Waals surface area contributed by atoms with Crippen LogP contribution in [-0.4, -0.2) is 19.3 Å². The molecule has 0 saturated heterocycles. The summed E-state index contributed by atoms with van der Waals surface area (Å²) in [5, 5.41) is 7.65. The molecule has 1 heterocycles. The predicted octanol–water partition coefficient (Wildman–Crippen LogP) is 1.29. The summed E-state index contributed by atoms with van der Waals surface area (Å²) in [5.74, 6) is -0.0616. The van der Waals surface area contributed by atoms with E-state index in [1.807, 2.05) is 0 Å². The van der Waals surface area contributed by atoms with E-state index in [4.69, 9.17) is 5.14 Å². The van der Waals surface area contributed by atoms with Gasteiger partial charge in [-0.1, -0.05) is 6.07 Å². The highest BCUT2D eigenvalue weighted by molar-refractivity contribution is 7.89. The number of carbonyl (C=O) groups is 1. The second kappa shape index (κ2) is 5.40. The van der Waals surface area contributed by atoms with Gasteiger partial charge in [0.2, 0.25) is 10.0 Å². The number of nitrogens with one attached hydrogen (secondary N) is 1. The Balaban J connectivity index is 2.33. The molecule has 0 spiro atoms. The fraction of sp³-hybridized carbons (Fsp3) is 0.0769. The molecule has 0 unspecified atom stereocenters. The smallest absolute Gasteiger partial charge is 0.256 e. The van der Waals surface area contributed by atoms with Crippen LogP contribution in [0.15, 0.2) is 47.5 Å². The van der Waals surface area contributed by atoms with Crippen molar-refractivity contribution in [1.29, 1.82) is 0 Å². The summed E-state index contributed by atoms with van der Waals surface area (Å²) < 4.78 is 22.7. The van der Waals surface area contributed by atoms with Gasteiger partial charge in [-0.3, -0.25) is 4.79 Å². The lowest BCUT2D eigenvalue weighted by Gasteiger charge is -2.07. The maximum atomic E-state index is 12.1. The number of hydrogen-bond acceptors (Lipinski definition) is 4. The number of amides is 1. The minimum Gasteiger partial charge on any atom is -0.307 e. The summed E-state index contributed by atoms with van der Waals surface area (Å²) in [7, 11) is -3.85. The minimum atomic E-state index is -3.85. The van der Waals surface area contributed by atoms with Crippen molar-refractivity contribution in [3.8, 4) is 0 Å². The van der Waals surface area contributed by atoms with E-state index in [-0.39, 0.29) is 10.5 Å². The number of nitrogens with zero attached hydrogens (tertiary/aromatic N) is 1. The zero-order valence-corrected chi connectivity index (χ0v) is 11.5. The zero-order valence-electron chi connectivity index (χ0n) is 10.7. The maximum Gasteiger partial charge on any atom is 0.256 e. The second-order valence-corrected chi connectivity index (χ2v) is 5.81. The number of benzene rings is 1. The number of aromatic nitrogens is 1. The Morgan fingerprint density at radius 2 is 2.00 bits per heavy atom. The Bertz CT molecular complexity index is 743. The van der Waals surface area contributed by atoms with E-state index < -0.39 is 15.9 Å². The molecular weight excluding hydrogens is 278 g/mol. The molecule has 2 rings (SSSR count). The first kappa shape index (κ1) is 14.2. The van der Waals surface area contributed by atoms with Gasteiger partial charge in [0, 0.05) is 11.8 Å². The van der Waals surface area contributed by atoms with E-state index in [2.05, 4.69) is 10.3 Å². The summed E-state index contributed by atoms with van der Waals surface area (Å²) in [6.07, 6.45) is 1.54. The van der Waals surface area contributed by atoms with Crippen LogP contribution in [0.25, 0.3) is 0 Å². The summed E-state index contributed by atoms with van der Waals surface area (Å²) in [6.45, 7) is 1.69. The first-order chi connectivity index (χ1) is 9.36. The summed E-state index contributed by atoms with van der Waals surface area (Å²) in [5.41, 5.74) is 0.836. The maximum absolute atomic E-state index is 12.1. The molecule has 0 radical (unpaired) electrons. The molecule has 1 aromatic heterocycles. The number of primary sulfonamides is 1. The normalized spacial score (nSPS) is 11.1. The van der Waals surface area contributed by atoms with Crippen molar-refractivity contribution in [1.82, 2.24) is 4.98 Å². The SMILES string of the molecule is Cc1cc(C(=O)Nc2ccccn2)cc(S(N)(=O)=O)c1. The molecule has 0 aliphatic rings. The van der Waals surface area contributed by atoms with Gasteiger partial charge in [-0.2, -0.15) is 0 Å². The molecule has 2 aromatic rings. The molecule has 20 heavy (non-hydrogen) atoms. The van der Waals surface area contributed by atoms with Crippen molar-refractivity contribution < 1.29 is 13.2 Å². The van der Waals surface area contributed by atoms with Crippen molar-refractivity contribution in [3.05, 3.63) is 53.7 Å². The van der Waals surface area contributed by atoms with Crippen molar-refractivity contribution in [2.24, 2.45) is 5.14 Å². The average molecular weight is 291 g/mol. The quantitative estimate of drug-likeness (QED) is 0.889. The number of nitrogens with two attached hydrogens (primary N) is 1. The Labute approximate surface area is 116 Å². The van der Waals surface area contributed by atoms with Gasteiger partial charge in [0.25, 0.3) is 5.91 Å². The number of sulfonamides is 1. The number of rotatable bonds is 3. The molecule has 0 bridgehead atoms. The first-order valence-corrected chi connectivity index (χ1v) is 7.28. The first-order valence-electron chi connectivity index (χ1n) is 5.73. The molecule has 3 N–H and O–H groups in total.